The number of amides is 1. The average Bonchev–Trinajstić information content (AvgIpc) is 3.19. The number of nitrogens with one attached hydrogen (secondary N) is 1. The molecule has 2 heterocycles. The van der Waals surface area contributed by atoms with Crippen molar-refractivity contribution in [1.29, 1.82) is 0 Å². The summed E-state index contributed by atoms with van der Waals surface area (Å²) in [7, 11) is 0. The SMILES string of the molecule is CC(Sc1nnc(N2CCCC2)n1C1CC1)C(=O)NCc1ccc(F)cc1. The van der Waals surface area contributed by atoms with Gasteiger partial charge in [-0.15, -0.1) is 10.2 Å². The van der Waals surface area contributed by atoms with Gasteiger partial charge in [-0.05, 0) is 50.3 Å². The Hall–Kier alpha value is -2.09. The van der Waals surface area contributed by atoms with Gasteiger partial charge < -0.3 is 10.2 Å². The Morgan fingerprint density at radius 1 is 1.26 bits per heavy atom. The maximum atomic E-state index is 13.0. The molecule has 2 aliphatic rings. The van der Waals surface area contributed by atoms with Gasteiger partial charge in [-0.3, -0.25) is 9.36 Å². The molecule has 4 rings (SSSR count). The first-order valence-electron chi connectivity index (χ1n) is 9.50. The topological polar surface area (TPSA) is 63.1 Å². The summed E-state index contributed by atoms with van der Waals surface area (Å²) in [5.41, 5.74) is 0.874. The highest BCUT2D eigenvalue weighted by Crippen LogP contribution is 2.42. The highest BCUT2D eigenvalue weighted by molar-refractivity contribution is 8.00. The molecule has 1 aromatic carbocycles. The lowest BCUT2D eigenvalue weighted by molar-refractivity contribution is -0.120. The Bertz CT molecular complexity index is 799. The normalized spacial score (nSPS) is 17.9. The first-order chi connectivity index (χ1) is 13.1. The highest BCUT2D eigenvalue weighted by atomic mass is 32.2. The van der Waals surface area contributed by atoms with E-state index in [4.69, 9.17) is 0 Å². The van der Waals surface area contributed by atoms with Gasteiger partial charge in [0.25, 0.3) is 0 Å². The van der Waals surface area contributed by atoms with E-state index in [1.165, 1.54) is 36.7 Å². The van der Waals surface area contributed by atoms with Crippen LogP contribution >= 0.6 is 11.8 Å². The number of hydrogen-bond donors (Lipinski definition) is 1. The van der Waals surface area contributed by atoms with Gasteiger partial charge in [-0.2, -0.15) is 0 Å². The quantitative estimate of drug-likeness (QED) is 0.737. The Morgan fingerprint density at radius 2 is 1.96 bits per heavy atom. The molecule has 1 aromatic heterocycles. The fourth-order valence-electron chi connectivity index (χ4n) is 3.28. The van der Waals surface area contributed by atoms with E-state index in [0.29, 0.717) is 12.6 Å². The first kappa shape index (κ1) is 18.3. The number of thioether (sulfide) groups is 1. The lowest BCUT2D eigenvalue weighted by atomic mass is 10.2. The number of benzene rings is 1. The van der Waals surface area contributed by atoms with E-state index >= 15 is 0 Å². The Kier molecular flexibility index (Phi) is 5.33. The van der Waals surface area contributed by atoms with Crippen molar-refractivity contribution in [2.75, 3.05) is 18.0 Å². The summed E-state index contributed by atoms with van der Waals surface area (Å²) in [5, 5.41) is 12.3. The number of anilines is 1. The molecule has 1 aliphatic carbocycles. The lowest BCUT2D eigenvalue weighted by Gasteiger charge is -2.18. The molecule has 2 fully saturated rings. The van der Waals surface area contributed by atoms with E-state index in [-0.39, 0.29) is 17.0 Å². The van der Waals surface area contributed by atoms with Crippen LogP contribution in [-0.4, -0.2) is 39.0 Å². The van der Waals surface area contributed by atoms with Gasteiger partial charge in [0.1, 0.15) is 5.82 Å². The molecule has 1 saturated carbocycles. The van der Waals surface area contributed by atoms with Crippen molar-refractivity contribution in [1.82, 2.24) is 20.1 Å². The second-order valence-electron chi connectivity index (χ2n) is 7.18. The van der Waals surface area contributed by atoms with Crippen LogP contribution in [0.2, 0.25) is 0 Å². The van der Waals surface area contributed by atoms with Crippen LogP contribution in [-0.2, 0) is 11.3 Å². The number of halogens is 1. The molecule has 0 radical (unpaired) electrons. The third-order valence-electron chi connectivity index (χ3n) is 4.98. The van der Waals surface area contributed by atoms with E-state index in [0.717, 1.165) is 42.6 Å². The molecule has 27 heavy (non-hydrogen) atoms. The number of nitrogens with zero attached hydrogens (tertiary/aromatic N) is 4. The predicted octanol–water partition coefficient (Wildman–Crippen LogP) is 3.15. The van der Waals surface area contributed by atoms with Crippen molar-refractivity contribution >= 4 is 23.6 Å². The fourth-order valence-corrected chi connectivity index (χ4v) is 4.22. The van der Waals surface area contributed by atoms with E-state index < -0.39 is 0 Å². The molecule has 8 heteroatoms. The van der Waals surface area contributed by atoms with E-state index in [2.05, 4.69) is 25.0 Å². The standard InChI is InChI=1S/C19H24FN5OS/c1-13(17(26)21-12-14-4-6-15(20)7-5-14)27-19-23-22-18(24-10-2-3-11-24)25(19)16-8-9-16/h4-7,13,16H,2-3,8-12H2,1H3,(H,21,26). The zero-order valence-electron chi connectivity index (χ0n) is 15.4. The molecular formula is C19H24FN5OS. The van der Waals surface area contributed by atoms with Gasteiger partial charge in [0.05, 0.1) is 5.25 Å². The molecule has 144 valence electrons. The van der Waals surface area contributed by atoms with Crippen molar-refractivity contribution in [2.45, 2.75) is 55.6 Å². The molecule has 1 N–H and O–H groups in total. The zero-order valence-corrected chi connectivity index (χ0v) is 16.2. The third-order valence-corrected chi connectivity index (χ3v) is 6.04. The van der Waals surface area contributed by atoms with Gasteiger partial charge in [0.15, 0.2) is 5.16 Å². The van der Waals surface area contributed by atoms with Gasteiger partial charge in [-0.25, -0.2) is 4.39 Å². The average molecular weight is 390 g/mol. The smallest absolute Gasteiger partial charge is 0.233 e. The number of rotatable bonds is 7. The summed E-state index contributed by atoms with van der Waals surface area (Å²) in [4.78, 5) is 14.8. The van der Waals surface area contributed by atoms with Crippen LogP contribution in [0.25, 0.3) is 0 Å². The Labute approximate surface area is 162 Å². The lowest BCUT2D eigenvalue weighted by Crippen LogP contribution is -2.30. The second kappa shape index (κ2) is 7.88. The molecule has 1 atom stereocenters. The minimum absolute atomic E-state index is 0.0580. The van der Waals surface area contributed by atoms with Gasteiger partial charge in [0.2, 0.25) is 11.9 Å². The predicted molar refractivity (Wildman–Crippen MR) is 103 cm³/mol. The second-order valence-corrected chi connectivity index (χ2v) is 8.49. The molecule has 1 aliphatic heterocycles. The number of aromatic nitrogens is 3. The molecule has 1 unspecified atom stereocenters. The largest absolute Gasteiger partial charge is 0.351 e. The van der Waals surface area contributed by atoms with Crippen LogP contribution in [0.15, 0.2) is 29.4 Å². The maximum Gasteiger partial charge on any atom is 0.233 e. The van der Waals surface area contributed by atoms with E-state index in [1.807, 2.05) is 6.92 Å². The maximum absolute atomic E-state index is 13.0. The van der Waals surface area contributed by atoms with Crippen LogP contribution in [0.3, 0.4) is 0 Å². The van der Waals surface area contributed by atoms with Gasteiger partial charge in [-0.1, -0.05) is 23.9 Å². The summed E-state index contributed by atoms with van der Waals surface area (Å²) < 4.78 is 15.2. The third kappa shape index (κ3) is 4.26. The van der Waals surface area contributed by atoms with Crippen molar-refractivity contribution < 1.29 is 9.18 Å². The van der Waals surface area contributed by atoms with Gasteiger partial charge >= 0.3 is 0 Å². The van der Waals surface area contributed by atoms with Crippen molar-refractivity contribution in [3.63, 3.8) is 0 Å². The summed E-state index contributed by atoms with van der Waals surface area (Å²) in [6, 6.07) is 6.63. The van der Waals surface area contributed by atoms with Gasteiger partial charge in [0, 0.05) is 25.7 Å². The summed E-state index contributed by atoms with van der Waals surface area (Å²) in [6.07, 6.45) is 4.69. The zero-order chi connectivity index (χ0) is 18.8. The number of carbonyl (C=O) groups is 1. The molecule has 1 saturated heterocycles. The Morgan fingerprint density at radius 3 is 2.63 bits per heavy atom. The highest BCUT2D eigenvalue weighted by Gasteiger charge is 2.33. The van der Waals surface area contributed by atoms with Crippen LogP contribution < -0.4 is 10.2 Å². The van der Waals surface area contributed by atoms with Crippen molar-refractivity contribution in [3.05, 3.63) is 35.6 Å². The van der Waals surface area contributed by atoms with Crippen molar-refractivity contribution in [2.24, 2.45) is 0 Å². The van der Waals surface area contributed by atoms with Crippen LogP contribution in [0.5, 0.6) is 0 Å². The molecule has 2 aromatic rings. The number of hydrogen-bond acceptors (Lipinski definition) is 5. The van der Waals surface area contributed by atoms with Crippen molar-refractivity contribution in [3.8, 4) is 0 Å². The first-order valence-corrected chi connectivity index (χ1v) is 10.4. The van der Waals surface area contributed by atoms with E-state index in [9.17, 15) is 9.18 Å². The molecule has 1 amide bonds. The summed E-state index contributed by atoms with van der Waals surface area (Å²) in [5.74, 6) is 0.621. The molecule has 0 spiro atoms. The fraction of sp³-hybridized carbons (Fsp3) is 0.526. The molecular weight excluding hydrogens is 365 g/mol. The molecule has 0 bridgehead atoms. The summed E-state index contributed by atoms with van der Waals surface area (Å²) >= 11 is 1.45. The molecule has 6 nitrogen and oxygen atoms in total. The Balaban J connectivity index is 1.39. The van der Waals surface area contributed by atoms with Crippen LogP contribution in [0, 0.1) is 5.82 Å². The monoisotopic (exact) mass is 389 g/mol. The van der Waals surface area contributed by atoms with Crippen LogP contribution in [0.4, 0.5) is 10.3 Å². The number of carbonyl (C=O) groups excluding carboxylic acids is 1. The van der Waals surface area contributed by atoms with Crippen LogP contribution in [0.1, 0.15) is 44.2 Å². The summed E-state index contributed by atoms with van der Waals surface area (Å²) in [6.45, 7) is 4.33. The van der Waals surface area contributed by atoms with E-state index in [1.54, 1.807) is 12.1 Å². The minimum Gasteiger partial charge on any atom is -0.351 e. The minimum atomic E-state index is -0.279.